The molecule has 3 aromatic heterocycles. The van der Waals surface area contributed by atoms with Gasteiger partial charge in [0.1, 0.15) is 11.6 Å². The van der Waals surface area contributed by atoms with Gasteiger partial charge in [0.15, 0.2) is 0 Å². The van der Waals surface area contributed by atoms with Crippen molar-refractivity contribution >= 4 is 0 Å². The number of fused-ring (bicyclic) bond motifs is 1. The van der Waals surface area contributed by atoms with Crippen LogP contribution in [0.3, 0.4) is 0 Å². The maximum absolute atomic E-state index is 4.29. The van der Waals surface area contributed by atoms with Crippen LogP contribution >= 0.6 is 0 Å². The van der Waals surface area contributed by atoms with Crippen molar-refractivity contribution in [3.63, 3.8) is 0 Å². The maximum atomic E-state index is 4.29. The van der Waals surface area contributed by atoms with Gasteiger partial charge in [-0.3, -0.25) is 9.88 Å². The van der Waals surface area contributed by atoms with E-state index >= 15 is 0 Å². The summed E-state index contributed by atoms with van der Waals surface area (Å²) in [7, 11) is 0. The molecule has 4 heterocycles. The van der Waals surface area contributed by atoms with Gasteiger partial charge in [0.25, 0.3) is 0 Å². The van der Waals surface area contributed by atoms with Crippen LogP contribution in [0.25, 0.3) is 5.69 Å². The largest absolute Gasteiger partial charge is 0.318 e. The van der Waals surface area contributed by atoms with Crippen molar-refractivity contribution < 1.29 is 0 Å². The Bertz CT molecular complexity index is 789. The molecule has 1 aliphatic rings. The second kappa shape index (κ2) is 5.96. The second-order valence-electron chi connectivity index (χ2n) is 5.92. The third kappa shape index (κ3) is 2.77. The van der Waals surface area contributed by atoms with E-state index in [0.717, 1.165) is 49.9 Å². The predicted octanol–water partition coefficient (Wildman–Crippen LogP) is 1.83. The van der Waals surface area contributed by atoms with Crippen molar-refractivity contribution in [1.29, 1.82) is 0 Å². The molecule has 0 amide bonds. The van der Waals surface area contributed by atoms with Crippen LogP contribution in [-0.4, -0.2) is 42.3 Å². The molecule has 0 N–H and O–H groups in total. The van der Waals surface area contributed by atoms with Crippen molar-refractivity contribution in [1.82, 2.24) is 29.2 Å². The molecular weight excluding hydrogens is 288 g/mol. The first-order chi connectivity index (χ1) is 11.3. The number of aromatic nitrogens is 5. The van der Waals surface area contributed by atoms with E-state index in [4.69, 9.17) is 0 Å². The van der Waals surface area contributed by atoms with Crippen molar-refractivity contribution in [2.24, 2.45) is 0 Å². The molecule has 0 unspecified atom stereocenters. The van der Waals surface area contributed by atoms with Gasteiger partial charge in [-0.2, -0.15) is 0 Å². The Morgan fingerprint density at radius 3 is 2.91 bits per heavy atom. The minimum atomic E-state index is 0.930. The first kappa shape index (κ1) is 14.1. The van der Waals surface area contributed by atoms with Crippen molar-refractivity contribution in [3.05, 3.63) is 60.2 Å². The average molecular weight is 308 g/mol. The zero-order valence-corrected chi connectivity index (χ0v) is 13.3. The number of aryl methyl sites for hydroxylation is 1. The van der Waals surface area contributed by atoms with Crippen LogP contribution < -0.4 is 0 Å². The Morgan fingerprint density at radius 1 is 1.09 bits per heavy atom. The number of nitrogens with zero attached hydrogens (tertiary/aromatic N) is 6. The molecular formula is C17H20N6. The Hall–Kier alpha value is -2.47. The molecule has 0 atom stereocenters. The molecule has 1 aliphatic heterocycles. The smallest absolute Gasteiger partial charge is 0.134 e. The quantitative estimate of drug-likeness (QED) is 0.741. The highest BCUT2D eigenvalue weighted by Gasteiger charge is 2.18. The van der Waals surface area contributed by atoms with Gasteiger partial charge in [0.2, 0.25) is 0 Å². The van der Waals surface area contributed by atoms with Crippen molar-refractivity contribution in [3.8, 4) is 5.69 Å². The Balaban J connectivity index is 1.51. The van der Waals surface area contributed by atoms with Gasteiger partial charge in [0, 0.05) is 50.7 Å². The van der Waals surface area contributed by atoms with Gasteiger partial charge in [0.05, 0.1) is 11.9 Å². The van der Waals surface area contributed by atoms with E-state index in [1.54, 1.807) is 6.20 Å². The van der Waals surface area contributed by atoms with E-state index in [0.29, 0.717) is 0 Å². The van der Waals surface area contributed by atoms with E-state index < -0.39 is 0 Å². The molecule has 0 spiro atoms. The van der Waals surface area contributed by atoms with Crippen LogP contribution in [0.15, 0.2) is 42.9 Å². The summed E-state index contributed by atoms with van der Waals surface area (Å²) in [5, 5.41) is 8.46. The highest BCUT2D eigenvalue weighted by atomic mass is 15.3. The molecule has 23 heavy (non-hydrogen) atoms. The highest BCUT2D eigenvalue weighted by Crippen LogP contribution is 2.16. The topological polar surface area (TPSA) is 51.8 Å². The fourth-order valence-electron chi connectivity index (χ4n) is 3.19. The monoisotopic (exact) mass is 308 g/mol. The lowest BCUT2D eigenvalue weighted by Gasteiger charge is -2.20. The molecule has 0 radical (unpaired) electrons. The Kier molecular flexibility index (Phi) is 3.67. The number of hydrogen-bond acceptors (Lipinski definition) is 4. The second-order valence-corrected chi connectivity index (χ2v) is 5.92. The minimum Gasteiger partial charge on any atom is -0.318 e. The molecule has 4 rings (SSSR count). The average Bonchev–Trinajstić information content (AvgIpc) is 3.12. The molecule has 118 valence electrons. The molecule has 0 saturated heterocycles. The summed E-state index contributed by atoms with van der Waals surface area (Å²) in [5.41, 5.74) is 2.39. The van der Waals surface area contributed by atoms with E-state index in [-0.39, 0.29) is 0 Å². The molecule has 6 heteroatoms. The first-order valence-electron chi connectivity index (χ1n) is 7.99. The lowest BCUT2D eigenvalue weighted by atomic mass is 10.3. The number of hydrogen-bond donors (Lipinski definition) is 0. The number of rotatable bonds is 3. The van der Waals surface area contributed by atoms with Gasteiger partial charge >= 0.3 is 0 Å². The summed E-state index contributed by atoms with van der Waals surface area (Å²) in [6.07, 6.45) is 6.76. The summed E-state index contributed by atoms with van der Waals surface area (Å²) < 4.78 is 4.45. The van der Waals surface area contributed by atoms with E-state index in [1.807, 2.05) is 19.2 Å². The van der Waals surface area contributed by atoms with E-state index in [9.17, 15) is 0 Å². The maximum Gasteiger partial charge on any atom is 0.134 e. The van der Waals surface area contributed by atoms with Gasteiger partial charge in [-0.1, -0.05) is 0 Å². The fraction of sp³-hybridized carbons (Fsp3) is 0.353. The van der Waals surface area contributed by atoms with Crippen LogP contribution in [0.2, 0.25) is 0 Å². The van der Waals surface area contributed by atoms with Gasteiger partial charge in [-0.15, -0.1) is 10.2 Å². The SMILES string of the molecule is Cc1nnc2n1CCN(Cc1cccn1-c1cccnc1)CC2. The van der Waals surface area contributed by atoms with Crippen molar-refractivity contribution in [2.45, 2.75) is 26.4 Å². The summed E-state index contributed by atoms with van der Waals surface area (Å²) in [4.78, 5) is 6.70. The summed E-state index contributed by atoms with van der Waals surface area (Å²) >= 11 is 0. The van der Waals surface area contributed by atoms with Crippen LogP contribution in [-0.2, 0) is 19.5 Å². The molecule has 0 bridgehead atoms. The third-order valence-corrected chi connectivity index (χ3v) is 4.45. The summed E-state index contributed by atoms with van der Waals surface area (Å²) in [6, 6.07) is 8.34. The van der Waals surface area contributed by atoms with Crippen LogP contribution in [0.4, 0.5) is 0 Å². The van der Waals surface area contributed by atoms with Gasteiger partial charge in [-0.25, -0.2) is 0 Å². The Morgan fingerprint density at radius 2 is 2.04 bits per heavy atom. The van der Waals surface area contributed by atoms with E-state index in [1.165, 1.54) is 5.69 Å². The normalized spacial score (nSPS) is 15.3. The Labute approximate surface area is 135 Å². The zero-order chi connectivity index (χ0) is 15.6. The molecule has 0 fully saturated rings. The van der Waals surface area contributed by atoms with Gasteiger partial charge in [-0.05, 0) is 31.2 Å². The van der Waals surface area contributed by atoms with Crippen LogP contribution in [0.1, 0.15) is 17.3 Å². The predicted molar refractivity (Wildman–Crippen MR) is 87.3 cm³/mol. The molecule has 3 aromatic rings. The standard InChI is InChI=1S/C17H20N6/c1-14-19-20-17-6-9-21(10-11-22(14)17)13-16-5-3-8-23(16)15-4-2-7-18-12-15/h2-5,7-8,12H,6,9-11,13H2,1H3. The summed E-state index contributed by atoms with van der Waals surface area (Å²) in [5.74, 6) is 2.12. The molecule has 0 aliphatic carbocycles. The first-order valence-corrected chi connectivity index (χ1v) is 7.99. The highest BCUT2D eigenvalue weighted by molar-refractivity contribution is 5.32. The van der Waals surface area contributed by atoms with E-state index in [2.05, 4.69) is 53.6 Å². The lowest BCUT2D eigenvalue weighted by Crippen LogP contribution is -2.27. The van der Waals surface area contributed by atoms with Crippen molar-refractivity contribution in [2.75, 3.05) is 13.1 Å². The van der Waals surface area contributed by atoms with Gasteiger partial charge < -0.3 is 9.13 Å². The molecule has 0 aromatic carbocycles. The zero-order valence-electron chi connectivity index (χ0n) is 13.3. The number of pyridine rings is 1. The third-order valence-electron chi connectivity index (χ3n) is 4.45. The van der Waals surface area contributed by atoms with Crippen LogP contribution in [0.5, 0.6) is 0 Å². The van der Waals surface area contributed by atoms with Crippen LogP contribution in [0, 0.1) is 6.92 Å². The minimum absolute atomic E-state index is 0.930. The summed E-state index contributed by atoms with van der Waals surface area (Å²) in [6.45, 7) is 5.95. The fourth-order valence-corrected chi connectivity index (χ4v) is 3.19. The molecule has 6 nitrogen and oxygen atoms in total. The molecule has 0 saturated carbocycles. The lowest BCUT2D eigenvalue weighted by molar-refractivity contribution is 0.266.